The van der Waals surface area contributed by atoms with Gasteiger partial charge in [0.25, 0.3) is 0 Å². The second-order valence-corrected chi connectivity index (χ2v) is 5.79. The normalized spacial score (nSPS) is 20.4. The van der Waals surface area contributed by atoms with Crippen LogP contribution >= 0.6 is 0 Å². The van der Waals surface area contributed by atoms with Gasteiger partial charge in [-0.15, -0.1) is 0 Å². The molecule has 0 spiro atoms. The van der Waals surface area contributed by atoms with Crippen molar-refractivity contribution in [1.29, 1.82) is 0 Å². The molecule has 1 fully saturated rings. The van der Waals surface area contributed by atoms with E-state index in [4.69, 9.17) is 5.73 Å². The van der Waals surface area contributed by atoms with Crippen molar-refractivity contribution in [2.75, 3.05) is 32.7 Å². The number of likely N-dealkylation sites (N-methyl/N-ethyl adjacent to an activating group) is 1. The molecular formula is C17H29N3. The van der Waals surface area contributed by atoms with E-state index in [0.717, 1.165) is 26.2 Å². The molecule has 0 aromatic heterocycles. The number of nitrogens with two attached hydrogens (primary N) is 1. The number of piperidine rings is 1. The van der Waals surface area contributed by atoms with E-state index in [-0.39, 0.29) is 0 Å². The fraction of sp³-hybridized carbons (Fsp3) is 0.647. The molecule has 3 heteroatoms. The molecule has 0 unspecified atom stereocenters. The number of benzene rings is 1. The molecule has 1 aliphatic rings. The number of nitrogens with zero attached hydrogens (tertiary/aromatic N) is 2. The molecule has 0 saturated carbocycles. The largest absolute Gasteiger partial charge is 0.329 e. The Kier molecular flexibility index (Phi) is 6.51. The Morgan fingerprint density at radius 3 is 2.75 bits per heavy atom. The Bertz CT molecular complexity index is 366. The summed E-state index contributed by atoms with van der Waals surface area (Å²) in [5.41, 5.74) is 7.14. The van der Waals surface area contributed by atoms with Gasteiger partial charge in [0, 0.05) is 32.2 Å². The van der Waals surface area contributed by atoms with Gasteiger partial charge in [0.05, 0.1) is 0 Å². The highest BCUT2D eigenvalue weighted by Gasteiger charge is 2.23. The smallest absolute Gasteiger partial charge is 0.0237 e. The van der Waals surface area contributed by atoms with E-state index in [1.165, 1.54) is 37.9 Å². The standard InChI is InChI=1S/C17H29N3/c1-2-19(13-11-18)15-17-10-6-7-12-20(17)14-16-8-4-3-5-9-16/h3-5,8-9,17H,2,6-7,10-15,18H2,1H3/t17-/m0/s1. The zero-order valence-electron chi connectivity index (χ0n) is 12.8. The van der Waals surface area contributed by atoms with Crippen molar-refractivity contribution in [2.24, 2.45) is 5.73 Å². The summed E-state index contributed by atoms with van der Waals surface area (Å²) < 4.78 is 0. The summed E-state index contributed by atoms with van der Waals surface area (Å²) in [6.45, 7) is 8.62. The first-order valence-electron chi connectivity index (χ1n) is 8.04. The van der Waals surface area contributed by atoms with Crippen LogP contribution < -0.4 is 5.73 Å². The highest BCUT2D eigenvalue weighted by Crippen LogP contribution is 2.20. The molecule has 2 rings (SSSR count). The molecule has 2 N–H and O–H groups in total. The third kappa shape index (κ3) is 4.58. The Morgan fingerprint density at radius 2 is 2.05 bits per heavy atom. The van der Waals surface area contributed by atoms with Crippen molar-refractivity contribution in [2.45, 2.75) is 38.8 Å². The van der Waals surface area contributed by atoms with Crippen LogP contribution in [-0.2, 0) is 6.54 Å². The van der Waals surface area contributed by atoms with E-state index < -0.39 is 0 Å². The summed E-state index contributed by atoms with van der Waals surface area (Å²) in [4.78, 5) is 5.16. The molecule has 1 atom stereocenters. The van der Waals surface area contributed by atoms with E-state index in [1.54, 1.807) is 0 Å². The first-order valence-corrected chi connectivity index (χ1v) is 8.04. The third-order valence-electron chi connectivity index (χ3n) is 4.34. The molecule has 1 heterocycles. The van der Waals surface area contributed by atoms with E-state index in [0.29, 0.717) is 6.04 Å². The van der Waals surface area contributed by atoms with Crippen LogP contribution in [0.4, 0.5) is 0 Å². The van der Waals surface area contributed by atoms with Crippen molar-refractivity contribution in [3.05, 3.63) is 35.9 Å². The third-order valence-corrected chi connectivity index (χ3v) is 4.34. The van der Waals surface area contributed by atoms with Crippen LogP contribution in [0.1, 0.15) is 31.7 Å². The molecule has 0 aliphatic carbocycles. The van der Waals surface area contributed by atoms with Gasteiger partial charge in [0.15, 0.2) is 0 Å². The van der Waals surface area contributed by atoms with Crippen LogP contribution in [0, 0.1) is 0 Å². The molecule has 1 aromatic rings. The molecule has 0 radical (unpaired) electrons. The maximum Gasteiger partial charge on any atom is 0.0237 e. The average molecular weight is 275 g/mol. The van der Waals surface area contributed by atoms with Gasteiger partial charge in [-0.2, -0.15) is 0 Å². The molecule has 1 aliphatic heterocycles. The topological polar surface area (TPSA) is 32.5 Å². The lowest BCUT2D eigenvalue weighted by Crippen LogP contribution is -2.47. The van der Waals surface area contributed by atoms with Crippen molar-refractivity contribution >= 4 is 0 Å². The van der Waals surface area contributed by atoms with Gasteiger partial charge in [-0.05, 0) is 31.5 Å². The second-order valence-electron chi connectivity index (χ2n) is 5.79. The summed E-state index contributed by atoms with van der Waals surface area (Å²) in [6, 6.07) is 11.5. The maximum absolute atomic E-state index is 5.71. The van der Waals surface area contributed by atoms with Crippen molar-refractivity contribution in [1.82, 2.24) is 9.80 Å². The fourth-order valence-electron chi connectivity index (χ4n) is 3.15. The fourth-order valence-corrected chi connectivity index (χ4v) is 3.15. The van der Waals surface area contributed by atoms with E-state index in [9.17, 15) is 0 Å². The predicted molar refractivity (Wildman–Crippen MR) is 85.7 cm³/mol. The lowest BCUT2D eigenvalue weighted by molar-refractivity contribution is 0.101. The molecular weight excluding hydrogens is 246 g/mol. The summed E-state index contributed by atoms with van der Waals surface area (Å²) >= 11 is 0. The summed E-state index contributed by atoms with van der Waals surface area (Å²) in [5.74, 6) is 0. The van der Waals surface area contributed by atoms with Crippen LogP contribution in [0.25, 0.3) is 0 Å². The second kappa shape index (κ2) is 8.40. The number of rotatable bonds is 7. The number of likely N-dealkylation sites (tertiary alicyclic amines) is 1. The van der Waals surface area contributed by atoms with Crippen molar-refractivity contribution in [3.63, 3.8) is 0 Å². The quantitative estimate of drug-likeness (QED) is 0.829. The van der Waals surface area contributed by atoms with E-state index in [2.05, 4.69) is 47.1 Å². The summed E-state index contributed by atoms with van der Waals surface area (Å²) in [5, 5.41) is 0. The van der Waals surface area contributed by atoms with Crippen LogP contribution in [0.15, 0.2) is 30.3 Å². The Morgan fingerprint density at radius 1 is 1.25 bits per heavy atom. The molecule has 1 aromatic carbocycles. The molecule has 20 heavy (non-hydrogen) atoms. The minimum atomic E-state index is 0.690. The molecule has 0 amide bonds. The van der Waals surface area contributed by atoms with Gasteiger partial charge >= 0.3 is 0 Å². The minimum Gasteiger partial charge on any atom is -0.329 e. The highest BCUT2D eigenvalue weighted by molar-refractivity contribution is 5.14. The van der Waals surface area contributed by atoms with Crippen molar-refractivity contribution < 1.29 is 0 Å². The van der Waals surface area contributed by atoms with Gasteiger partial charge in [0.1, 0.15) is 0 Å². The van der Waals surface area contributed by atoms with E-state index >= 15 is 0 Å². The van der Waals surface area contributed by atoms with Crippen LogP contribution in [0.5, 0.6) is 0 Å². The van der Waals surface area contributed by atoms with Crippen molar-refractivity contribution in [3.8, 4) is 0 Å². The number of hydrogen-bond donors (Lipinski definition) is 1. The Labute approximate surface area is 123 Å². The van der Waals surface area contributed by atoms with Gasteiger partial charge in [0.2, 0.25) is 0 Å². The first-order chi connectivity index (χ1) is 9.83. The van der Waals surface area contributed by atoms with Crippen LogP contribution in [-0.4, -0.2) is 48.6 Å². The molecule has 3 nitrogen and oxygen atoms in total. The molecule has 1 saturated heterocycles. The lowest BCUT2D eigenvalue weighted by atomic mass is 10.0. The van der Waals surface area contributed by atoms with Gasteiger partial charge in [-0.25, -0.2) is 0 Å². The average Bonchev–Trinajstić information content (AvgIpc) is 2.49. The monoisotopic (exact) mass is 275 g/mol. The molecule has 0 bridgehead atoms. The number of hydrogen-bond acceptors (Lipinski definition) is 3. The van der Waals surface area contributed by atoms with Gasteiger partial charge < -0.3 is 10.6 Å². The van der Waals surface area contributed by atoms with Crippen LogP contribution in [0.3, 0.4) is 0 Å². The highest BCUT2D eigenvalue weighted by atomic mass is 15.2. The SMILES string of the molecule is CCN(CCN)C[C@@H]1CCCCN1Cc1ccccc1. The van der Waals surface area contributed by atoms with Gasteiger partial charge in [-0.1, -0.05) is 43.7 Å². The van der Waals surface area contributed by atoms with Crippen LogP contribution in [0.2, 0.25) is 0 Å². The summed E-state index contributed by atoms with van der Waals surface area (Å²) in [7, 11) is 0. The zero-order valence-corrected chi connectivity index (χ0v) is 12.8. The predicted octanol–water partition coefficient (Wildman–Crippen LogP) is 2.32. The zero-order chi connectivity index (χ0) is 14.2. The van der Waals surface area contributed by atoms with E-state index in [1.807, 2.05) is 0 Å². The molecule has 112 valence electrons. The Hall–Kier alpha value is -0.900. The summed E-state index contributed by atoms with van der Waals surface area (Å²) in [6.07, 6.45) is 4.04. The Balaban J connectivity index is 1.94. The lowest BCUT2D eigenvalue weighted by Gasteiger charge is -2.38. The first kappa shape index (κ1) is 15.5. The maximum atomic E-state index is 5.71. The minimum absolute atomic E-state index is 0.690. The van der Waals surface area contributed by atoms with Gasteiger partial charge in [-0.3, -0.25) is 4.90 Å².